The molecule has 2 bridgehead atoms. The second kappa shape index (κ2) is 11.5. The second-order valence-corrected chi connectivity index (χ2v) is 17.5. The number of nitrogens with one attached hydrogen (secondary N) is 1. The molecule has 0 radical (unpaired) electrons. The van der Waals surface area contributed by atoms with Gasteiger partial charge in [-0.2, -0.15) is 0 Å². The summed E-state index contributed by atoms with van der Waals surface area (Å²) in [6.45, 7) is 5.90. The molecule has 4 aromatic rings. The minimum atomic E-state index is -0.724. The topological polar surface area (TPSA) is 150 Å². The summed E-state index contributed by atoms with van der Waals surface area (Å²) in [6, 6.07) is 13.3. The number of amides is 2. The number of para-hydroxylation sites is 1. The molecule has 2 aliphatic heterocycles. The highest BCUT2D eigenvalue weighted by atomic mass is 16.5. The van der Waals surface area contributed by atoms with Crippen LogP contribution in [0.5, 0.6) is 5.75 Å². The minimum absolute atomic E-state index is 0.0796. The SMILES string of the molecule is CC(C)C(C(=O)N1C[C@H](O)C[C@H]1C(=O)NC12CC(C1)C2)c1cc(N2CC3(CC(c4cc5nnc(-c6ccccc6O)cc5n4C4CCC4)C3)C2)no1. The predicted molar refractivity (Wildman–Crippen MR) is 193 cm³/mol. The van der Waals surface area contributed by atoms with Crippen molar-refractivity contribution in [3.8, 4) is 17.0 Å². The molecule has 272 valence electrons. The Kier molecular flexibility index (Phi) is 7.14. The minimum Gasteiger partial charge on any atom is -0.507 e. The number of phenolic OH excluding ortho intramolecular Hbond substituents is 1. The largest absolute Gasteiger partial charge is 0.507 e. The number of phenols is 1. The molecular formula is C40H47N7O5. The number of hydrogen-bond donors (Lipinski definition) is 3. The monoisotopic (exact) mass is 705 g/mol. The highest BCUT2D eigenvalue weighted by Crippen LogP contribution is 2.58. The molecule has 12 nitrogen and oxygen atoms in total. The lowest BCUT2D eigenvalue weighted by Gasteiger charge is -2.62. The predicted octanol–water partition coefficient (Wildman–Crippen LogP) is 5.27. The summed E-state index contributed by atoms with van der Waals surface area (Å²) < 4.78 is 8.40. The molecule has 5 heterocycles. The first-order chi connectivity index (χ1) is 25.1. The van der Waals surface area contributed by atoms with E-state index in [-0.39, 0.29) is 47.4 Å². The molecule has 1 aromatic carbocycles. The molecule has 7 aliphatic rings. The number of carbonyl (C=O) groups is 2. The van der Waals surface area contributed by atoms with Gasteiger partial charge in [-0.3, -0.25) is 9.59 Å². The van der Waals surface area contributed by atoms with Crippen molar-refractivity contribution in [1.82, 2.24) is 30.1 Å². The van der Waals surface area contributed by atoms with Crippen LogP contribution in [0.1, 0.15) is 101 Å². The molecule has 12 heteroatoms. The van der Waals surface area contributed by atoms with Crippen molar-refractivity contribution in [3.63, 3.8) is 0 Å². The van der Waals surface area contributed by atoms with Crippen LogP contribution in [0.25, 0.3) is 22.3 Å². The molecule has 3 N–H and O–H groups in total. The van der Waals surface area contributed by atoms with Gasteiger partial charge < -0.3 is 34.4 Å². The van der Waals surface area contributed by atoms with Gasteiger partial charge in [0.25, 0.3) is 0 Å². The second-order valence-electron chi connectivity index (χ2n) is 17.5. The lowest BCUT2D eigenvalue weighted by molar-refractivity contribution is -0.145. The summed E-state index contributed by atoms with van der Waals surface area (Å²) in [7, 11) is 0. The fourth-order valence-electron chi connectivity index (χ4n) is 10.4. The Labute approximate surface area is 302 Å². The van der Waals surface area contributed by atoms with E-state index in [2.05, 4.69) is 42.3 Å². The van der Waals surface area contributed by atoms with Crippen LogP contribution >= 0.6 is 0 Å². The van der Waals surface area contributed by atoms with E-state index in [1.165, 1.54) is 12.1 Å². The molecule has 52 heavy (non-hydrogen) atoms. The van der Waals surface area contributed by atoms with Gasteiger partial charge in [0.15, 0.2) is 11.6 Å². The van der Waals surface area contributed by atoms with E-state index >= 15 is 0 Å². The number of nitrogens with zero attached hydrogens (tertiary/aromatic N) is 6. The number of rotatable bonds is 9. The van der Waals surface area contributed by atoms with Crippen LogP contribution in [0.4, 0.5) is 5.82 Å². The Hall–Kier alpha value is -4.45. The van der Waals surface area contributed by atoms with Gasteiger partial charge in [-0.25, -0.2) is 0 Å². The Morgan fingerprint density at radius 1 is 1.02 bits per heavy atom. The quantitative estimate of drug-likeness (QED) is 0.212. The van der Waals surface area contributed by atoms with Crippen LogP contribution in [-0.4, -0.2) is 84.2 Å². The Balaban J connectivity index is 0.822. The van der Waals surface area contributed by atoms with E-state index in [0.717, 1.165) is 80.8 Å². The number of aliphatic hydroxyl groups is 1. The average molecular weight is 706 g/mol. The van der Waals surface area contributed by atoms with Gasteiger partial charge in [0, 0.05) is 66.3 Å². The molecule has 3 atom stereocenters. The smallest absolute Gasteiger partial charge is 0.243 e. The number of carbonyl (C=O) groups excluding carboxylic acids is 2. The van der Waals surface area contributed by atoms with E-state index in [1.54, 1.807) is 11.0 Å². The van der Waals surface area contributed by atoms with Crippen molar-refractivity contribution in [2.75, 3.05) is 24.5 Å². The summed E-state index contributed by atoms with van der Waals surface area (Å²) >= 11 is 0. The van der Waals surface area contributed by atoms with Crippen LogP contribution in [0.3, 0.4) is 0 Å². The summed E-state index contributed by atoms with van der Waals surface area (Å²) in [4.78, 5) is 31.2. The molecule has 1 unspecified atom stereocenters. The van der Waals surface area contributed by atoms with E-state index in [4.69, 9.17) is 4.52 Å². The Morgan fingerprint density at radius 3 is 2.46 bits per heavy atom. The molecule has 7 fully saturated rings. The third-order valence-corrected chi connectivity index (χ3v) is 13.4. The highest BCUT2D eigenvalue weighted by Gasteiger charge is 2.58. The number of aromatic nitrogens is 4. The fourth-order valence-corrected chi connectivity index (χ4v) is 10.4. The van der Waals surface area contributed by atoms with Crippen molar-refractivity contribution < 1.29 is 24.3 Å². The number of fused-ring (bicyclic) bond motifs is 1. The van der Waals surface area contributed by atoms with Crippen LogP contribution < -0.4 is 10.2 Å². The molecule has 1 spiro atoms. The number of hydrogen-bond acceptors (Lipinski definition) is 9. The van der Waals surface area contributed by atoms with Crippen LogP contribution in [0.15, 0.2) is 47.0 Å². The average Bonchev–Trinajstić information content (AvgIpc) is 3.74. The van der Waals surface area contributed by atoms with Crippen LogP contribution in [-0.2, 0) is 9.59 Å². The zero-order valence-corrected chi connectivity index (χ0v) is 29.9. The zero-order valence-electron chi connectivity index (χ0n) is 29.9. The zero-order chi connectivity index (χ0) is 35.5. The van der Waals surface area contributed by atoms with E-state index in [0.29, 0.717) is 29.0 Å². The van der Waals surface area contributed by atoms with Gasteiger partial charge in [0.1, 0.15) is 23.2 Å². The third kappa shape index (κ3) is 4.99. The lowest BCUT2D eigenvalue weighted by Crippen LogP contribution is -2.69. The van der Waals surface area contributed by atoms with E-state index in [9.17, 15) is 19.8 Å². The van der Waals surface area contributed by atoms with E-state index in [1.807, 2.05) is 38.1 Å². The van der Waals surface area contributed by atoms with Gasteiger partial charge in [0.05, 0.1) is 17.3 Å². The summed E-state index contributed by atoms with van der Waals surface area (Å²) in [5.41, 5.74) is 4.86. The van der Waals surface area contributed by atoms with E-state index < -0.39 is 18.1 Å². The first-order valence-electron chi connectivity index (χ1n) is 19.3. The number of benzene rings is 1. The van der Waals surface area contributed by atoms with Gasteiger partial charge in [-0.05, 0) is 87.5 Å². The Morgan fingerprint density at radius 2 is 1.79 bits per heavy atom. The number of anilines is 1. The van der Waals surface area contributed by atoms with Crippen molar-refractivity contribution in [2.45, 2.75) is 107 Å². The van der Waals surface area contributed by atoms with Crippen molar-refractivity contribution in [2.24, 2.45) is 17.3 Å². The third-order valence-electron chi connectivity index (χ3n) is 13.4. The molecule has 2 saturated heterocycles. The van der Waals surface area contributed by atoms with Crippen molar-refractivity contribution in [3.05, 3.63) is 53.9 Å². The maximum Gasteiger partial charge on any atom is 0.243 e. The number of aliphatic hydroxyl groups excluding tert-OH is 1. The molecule has 5 aliphatic carbocycles. The first kappa shape index (κ1) is 32.2. The van der Waals surface area contributed by atoms with Gasteiger partial charge in [-0.1, -0.05) is 31.1 Å². The molecule has 3 aromatic heterocycles. The maximum atomic E-state index is 14.1. The Bertz CT molecular complexity index is 2050. The summed E-state index contributed by atoms with van der Waals surface area (Å²) in [5.74, 6) is 1.63. The highest BCUT2D eigenvalue weighted by molar-refractivity contribution is 5.92. The van der Waals surface area contributed by atoms with Crippen molar-refractivity contribution >= 4 is 28.7 Å². The molecule has 5 saturated carbocycles. The normalized spacial score (nSPS) is 28.3. The first-order valence-corrected chi connectivity index (χ1v) is 19.3. The standard InChI is InChI=1S/C40H47N7O5/c1-22(2)36(38(51)46-19-26(48)10-32(46)37(50)41-40-14-23(15-40)16-40)34-13-35(44-52-34)45-20-39(21-45)17-24(18-39)30-12-29-31(47(30)25-6-5-7-25)11-28(42-43-29)27-8-3-4-9-33(27)49/h3-4,8-9,11-13,22-26,32,36,48-49H,5-7,10,14-21H2,1-2H3,(H,41,50)/t23?,26-,32+,36?,40?/m1/s1. The lowest BCUT2D eigenvalue weighted by atomic mass is 9.50. The van der Waals surface area contributed by atoms with Gasteiger partial charge >= 0.3 is 0 Å². The van der Waals surface area contributed by atoms with Gasteiger partial charge in [-0.15, -0.1) is 10.2 Å². The van der Waals surface area contributed by atoms with Crippen LogP contribution in [0, 0.1) is 17.3 Å². The number of likely N-dealkylation sites (tertiary alicyclic amines) is 1. The molecule has 11 rings (SSSR count). The fraction of sp³-hybridized carbons (Fsp3) is 0.575. The molecular weight excluding hydrogens is 658 g/mol. The van der Waals surface area contributed by atoms with Crippen molar-refractivity contribution in [1.29, 1.82) is 0 Å². The van der Waals surface area contributed by atoms with Crippen LogP contribution in [0.2, 0.25) is 0 Å². The van der Waals surface area contributed by atoms with Gasteiger partial charge in [0.2, 0.25) is 11.8 Å². The molecule has 2 amide bonds. The number of β-amino-alcohol motifs (C(OH)–C–C–N with tert-alkyl or cyclic N) is 1. The summed E-state index contributed by atoms with van der Waals surface area (Å²) in [6.07, 6.45) is 8.36. The number of aromatic hydroxyl groups is 1. The maximum absolute atomic E-state index is 14.1. The summed E-state index contributed by atoms with van der Waals surface area (Å²) in [5, 5.41) is 37.8.